The van der Waals surface area contributed by atoms with Gasteiger partial charge in [0.15, 0.2) is 0 Å². The molecule has 0 fully saturated rings. The summed E-state index contributed by atoms with van der Waals surface area (Å²) in [6.45, 7) is 45.5. The lowest BCUT2D eigenvalue weighted by molar-refractivity contribution is 0.590. The standard InChI is InChI=1S/C51H49BN2OS.C51H51ClN2OS/c1-30-27-39-45-40(28-30)54(35-22-17-32(18-23-35)50(5,6)7)47-38(24-25-42-44(47)36-13-11-12-14-41(36)55-42)52(45)48-46(37-29-33(51(8,9)10)19-26-43(37)56-48)53(39)34-20-15-31(16-21-34)49(2,3)4;1-32-28-41(53(36-23-18-33(19-24-36)49(2,3)4)40-15-13-17-45-47(40)38-14-11-12-16-44(38)55-45)48(52)42(29-32)54(37-25-20-34(21-26-37)50(5,6)7)43-31-56-46-27-22-35(30-39(43)46)51(8,9)10/h11-29H,1-10H3;11-31H,1-10H3. The number of halogens is 1. The Kier molecular flexibility index (Phi) is 17.9. The number of hydrogen-bond donors (Lipinski definition) is 0. The van der Waals surface area contributed by atoms with Crippen LogP contribution in [0.4, 0.5) is 68.2 Å². The van der Waals surface area contributed by atoms with Crippen molar-refractivity contribution in [3.8, 4) is 0 Å². The van der Waals surface area contributed by atoms with Crippen molar-refractivity contribution in [1.29, 1.82) is 0 Å². The van der Waals surface area contributed by atoms with Gasteiger partial charge in [0.1, 0.15) is 22.3 Å². The maximum Gasteiger partial charge on any atom is 0.264 e. The molecule has 562 valence electrons. The van der Waals surface area contributed by atoms with E-state index in [4.69, 9.17) is 20.4 Å². The van der Waals surface area contributed by atoms with Crippen molar-refractivity contribution in [2.45, 2.75) is 171 Å². The van der Waals surface area contributed by atoms with Crippen LogP contribution in [0.3, 0.4) is 0 Å². The van der Waals surface area contributed by atoms with E-state index < -0.39 is 0 Å². The lowest BCUT2D eigenvalue weighted by Gasteiger charge is -2.43. The molecule has 0 saturated carbocycles. The van der Waals surface area contributed by atoms with Gasteiger partial charge in [-0.2, -0.15) is 0 Å². The van der Waals surface area contributed by atoms with Gasteiger partial charge in [0.2, 0.25) is 0 Å². The minimum Gasteiger partial charge on any atom is -0.456 e. The van der Waals surface area contributed by atoms with Crippen molar-refractivity contribution in [2.24, 2.45) is 0 Å². The summed E-state index contributed by atoms with van der Waals surface area (Å²) in [5.41, 5.74) is 29.9. The Balaban J connectivity index is 0.000000163. The second-order valence-electron chi connectivity index (χ2n) is 37.4. The molecule has 0 aliphatic carbocycles. The summed E-state index contributed by atoms with van der Waals surface area (Å²) in [7, 11) is 0. The molecule has 18 rings (SSSR count). The summed E-state index contributed by atoms with van der Waals surface area (Å²) in [4.78, 5) is 9.82. The highest BCUT2D eigenvalue weighted by molar-refractivity contribution is 7.33. The summed E-state index contributed by atoms with van der Waals surface area (Å²) in [5.74, 6) is 0. The van der Waals surface area contributed by atoms with E-state index >= 15 is 0 Å². The largest absolute Gasteiger partial charge is 0.456 e. The van der Waals surface area contributed by atoms with Crippen molar-refractivity contribution in [1.82, 2.24) is 0 Å². The zero-order chi connectivity index (χ0) is 78.8. The number of para-hydroxylation sites is 2. The van der Waals surface area contributed by atoms with E-state index in [9.17, 15) is 0 Å². The van der Waals surface area contributed by atoms with Crippen molar-refractivity contribution in [2.75, 3.05) is 19.6 Å². The molecule has 2 aliphatic rings. The van der Waals surface area contributed by atoms with Gasteiger partial charge < -0.3 is 28.4 Å². The summed E-state index contributed by atoms with van der Waals surface area (Å²) < 4.78 is 17.0. The van der Waals surface area contributed by atoms with Gasteiger partial charge in [-0.3, -0.25) is 0 Å². The van der Waals surface area contributed by atoms with E-state index in [1.54, 1.807) is 11.3 Å². The molecule has 0 N–H and O–H groups in total. The molecule has 12 aromatic carbocycles. The van der Waals surface area contributed by atoms with E-state index in [0.29, 0.717) is 5.02 Å². The molecule has 0 bridgehead atoms. The minimum atomic E-state index is 0.00203. The van der Waals surface area contributed by atoms with E-state index in [1.807, 2.05) is 23.5 Å². The number of hydrogen-bond acceptors (Lipinski definition) is 8. The molecule has 10 heteroatoms. The summed E-state index contributed by atoms with van der Waals surface area (Å²) in [6, 6.07) is 87.7. The fourth-order valence-electron chi connectivity index (χ4n) is 16.8. The summed E-state index contributed by atoms with van der Waals surface area (Å²) >= 11 is 11.7. The second kappa shape index (κ2) is 27.0. The van der Waals surface area contributed by atoms with Gasteiger partial charge in [-0.05, 0) is 229 Å². The molecule has 0 atom stereocenters. The molecule has 0 spiro atoms. The fourth-order valence-corrected chi connectivity index (χ4v) is 19.3. The SMILES string of the molecule is Cc1cc(N(c2ccc(C(C)(C)C)cc2)c2csc3ccc(C(C)(C)C)cc23)c(Cl)c(N(c2ccc(C(C)(C)C)cc2)c2cccc3oc4ccccc4c23)c1.Cc1cc2c3c(c1)N(c1ccc(C(C)(C)C)cc1)c1c(ccc4oc5ccccc5c14)B3c1sc3ccc(C(C)(C)C)cc3c1N2c1ccc(C(C)(C)C)cc1. The Morgan fingerprint density at radius 3 is 1.26 bits per heavy atom. The Morgan fingerprint density at radius 2 is 0.759 bits per heavy atom. The lowest BCUT2D eigenvalue weighted by Crippen LogP contribution is -2.60. The minimum absolute atomic E-state index is 0.00203. The molecule has 0 radical (unpaired) electrons. The zero-order valence-electron chi connectivity index (χ0n) is 68.5. The highest BCUT2D eigenvalue weighted by Crippen LogP contribution is 2.55. The third-order valence-corrected chi connectivity index (χ3v) is 25.6. The normalized spacial score (nSPS) is 13.3. The fraction of sp³-hybridized carbons (Fsp3) is 0.255. The van der Waals surface area contributed by atoms with Crippen LogP contribution in [0, 0.1) is 13.8 Å². The highest BCUT2D eigenvalue weighted by Gasteiger charge is 2.47. The van der Waals surface area contributed by atoms with Gasteiger partial charge in [-0.15, -0.1) is 22.7 Å². The van der Waals surface area contributed by atoms with Gasteiger partial charge >= 0.3 is 0 Å². The first kappa shape index (κ1) is 74.5. The van der Waals surface area contributed by atoms with E-state index in [1.165, 1.54) is 109 Å². The quantitative estimate of drug-likeness (QED) is 0.141. The van der Waals surface area contributed by atoms with Gasteiger partial charge in [0.25, 0.3) is 6.71 Å². The lowest BCUT2D eigenvalue weighted by atomic mass is 9.36. The van der Waals surface area contributed by atoms with Crippen LogP contribution in [0.2, 0.25) is 5.02 Å². The first-order chi connectivity index (χ1) is 53.1. The van der Waals surface area contributed by atoms with E-state index in [-0.39, 0.29) is 39.2 Å². The Labute approximate surface area is 675 Å². The Hall–Kier alpha value is -10.3. The highest BCUT2D eigenvalue weighted by atomic mass is 35.5. The van der Waals surface area contributed by atoms with Crippen LogP contribution in [-0.4, -0.2) is 6.71 Å². The molecule has 112 heavy (non-hydrogen) atoms. The Morgan fingerprint density at radius 1 is 0.348 bits per heavy atom. The van der Waals surface area contributed by atoms with Crippen molar-refractivity contribution >= 4 is 189 Å². The van der Waals surface area contributed by atoms with Crippen LogP contribution >= 0.6 is 34.3 Å². The molecule has 0 amide bonds. The van der Waals surface area contributed by atoms with Gasteiger partial charge in [-0.1, -0.05) is 245 Å². The molecular formula is C102H100BClN4O2S2. The molecule has 0 unspecified atom stereocenters. The second-order valence-corrected chi connectivity index (χ2v) is 39.8. The maximum absolute atomic E-state index is 7.94. The average Bonchev–Trinajstić information content (AvgIpc) is 1.36. The number of aryl methyl sites for hydroxylation is 2. The number of furan rings is 2. The molecule has 6 nitrogen and oxygen atoms in total. The predicted octanol–water partition coefficient (Wildman–Crippen LogP) is 29.7. The number of anilines is 12. The van der Waals surface area contributed by atoms with Crippen LogP contribution in [0.5, 0.6) is 0 Å². The van der Waals surface area contributed by atoms with E-state index in [0.717, 1.165) is 83.9 Å². The number of thiophene rings is 2. The first-order valence-corrected chi connectivity index (χ1v) is 41.6. The topological polar surface area (TPSA) is 39.2 Å². The molecule has 4 aromatic heterocycles. The Bertz CT molecular complexity index is 6370. The zero-order valence-corrected chi connectivity index (χ0v) is 70.9. The van der Waals surface area contributed by atoms with Crippen molar-refractivity contribution in [3.05, 3.63) is 291 Å². The van der Waals surface area contributed by atoms with Crippen LogP contribution in [0.25, 0.3) is 64.0 Å². The molecule has 6 heterocycles. The average molecular weight is 1520 g/mol. The van der Waals surface area contributed by atoms with Gasteiger partial charge in [0.05, 0.1) is 49.9 Å². The molecule has 16 aromatic rings. The van der Waals surface area contributed by atoms with Gasteiger partial charge in [-0.25, -0.2) is 0 Å². The first-order valence-electron chi connectivity index (χ1n) is 39.6. The number of nitrogens with zero attached hydrogens (tertiary/aromatic N) is 4. The van der Waals surface area contributed by atoms with Crippen LogP contribution in [-0.2, 0) is 32.5 Å². The molecule has 0 saturated heterocycles. The summed E-state index contributed by atoms with van der Waals surface area (Å²) in [6.07, 6.45) is 0. The monoisotopic (exact) mass is 1520 g/mol. The number of fused-ring (bicyclic) bond motifs is 14. The van der Waals surface area contributed by atoms with E-state index in [2.05, 4.69) is 388 Å². The maximum atomic E-state index is 7.94. The smallest absolute Gasteiger partial charge is 0.264 e. The molecular weight excluding hydrogens is 1420 g/mol. The molecule has 2 aliphatic heterocycles. The number of rotatable bonds is 8. The predicted molar refractivity (Wildman–Crippen MR) is 488 cm³/mol. The van der Waals surface area contributed by atoms with Crippen LogP contribution < -0.4 is 35.3 Å². The van der Waals surface area contributed by atoms with Crippen LogP contribution in [0.15, 0.2) is 251 Å². The van der Waals surface area contributed by atoms with Crippen LogP contribution in [0.1, 0.15) is 169 Å². The third-order valence-electron chi connectivity index (χ3n) is 23.1. The van der Waals surface area contributed by atoms with Crippen molar-refractivity contribution < 1.29 is 8.83 Å². The summed E-state index contributed by atoms with van der Waals surface area (Å²) in [5, 5.41) is 9.92. The number of benzene rings is 12. The van der Waals surface area contributed by atoms with Crippen molar-refractivity contribution in [3.63, 3.8) is 0 Å². The third kappa shape index (κ3) is 13.0. The van der Waals surface area contributed by atoms with Gasteiger partial charge in [0, 0.05) is 75.2 Å².